The highest BCUT2D eigenvalue weighted by molar-refractivity contribution is 5.87. The number of rotatable bonds is 3. The number of hydrogen-bond donors (Lipinski definition) is 2. The van der Waals surface area contributed by atoms with Crippen molar-refractivity contribution >= 4 is 18.4 Å². The first kappa shape index (κ1) is 11.9. The van der Waals surface area contributed by atoms with E-state index in [0.717, 1.165) is 12.0 Å². The molecule has 0 aliphatic rings. The van der Waals surface area contributed by atoms with E-state index in [1.54, 1.807) is 18.2 Å². The summed E-state index contributed by atoms with van der Waals surface area (Å²) in [5.74, 6) is -0.895. The first-order chi connectivity index (χ1) is 5.74. The lowest BCUT2D eigenvalue weighted by molar-refractivity contribution is 0.0697. The molecule has 13 heavy (non-hydrogen) atoms. The molecule has 72 valence electrons. The van der Waals surface area contributed by atoms with E-state index < -0.39 is 5.97 Å². The molecular formula is C9H12ClNO2. The third kappa shape index (κ3) is 3.44. The molecule has 0 aliphatic heterocycles. The fraction of sp³-hybridized carbons (Fsp3) is 0.222. The number of benzene rings is 1. The van der Waals surface area contributed by atoms with Crippen molar-refractivity contribution in [3.63, 3.8) is 0 Å². The van der Waals surface area contributed by atoms with Gasteiger partial charge in [0.1, 0.15) is 0 Å². The molecule has 0 unspecified atom stereocenters. The highest BCUT2D eigenvalue weighted by atomic mass is 35.5. The Labute approximate surface area is 83.0 Å². The Bertz CT molecular complexity index is 289. The summed E-state index contributed by atoms with van der Waals surface area (Å²) in [7, 11) is 0. The van der Waals surface area contributed by atoms with Crippen molar-refractivity contribution in [1.82, 2.24) is 0 Å². The second-order valence-electron chi connectivity index (χ2n) is 2.54. The van der Waals surface area contributed by atoms with Gasteiger partial charge in [-0.3, -0.25) is 0 Å². The summed E-state index contributed by atoms with van der Waals surface area (Å²) in [6, 6.07) is 6.82. The number of carboxylic acid groups (broad SMARTS) is 1. The molecule has 0 radical (unpaired) electrons. The molecule has 0 amide bonds. The van der Waals surface area contributed by atoms with Crippen molar-refractivity contribution in [3.8, 4) is 0 Å². The third-order valence-corrected chi connectivity index (χ3v) is 1.61. The van der Waals surface area contributed by atoms with Gasteiger partial charge in [0, 0.05) is 0 Å². The van der Waals surface area contributed by atoms with E-state index in [2.05, 4.69) is 0 Å². The van der Waals surface area contributed by atoms with Gasteiger partial charge in [0.05, 0.1) is 5.56 Å². The van der Waals surface area contributed by atoms with Gasteiger partial charge >= 0.3 is 5.97 Å². The Morgan fingerprint density at radius 3 is 2.69 bits per heavy atom. The number of nitrogens with two attached hydrogens (primary N) is 1. The van der Waals surface area contributed by atoms with E-state index in [4.69, 9.17) is 10.8 Å². The van der Waals surface area contributed by atoms with Gasteiger partial charge in [-0.1, -0.05) is 12.1 Å². The number of hydrogen-bond acceptors (Lipinski definition) is 2. The Balaban J connectivity index is 0.00000144. The SMILES string of the molecule is Cl.NCCc1cccc(C(=O)O)c1. The summed E-state index contributed by atoms with van der Waals surface area (Å²) in [4.78, 5) is 10.5. The number of carboxylic acids is 1. The van der Waals surface area contributed by atoms with Gasteiger partial charge in [-0.25, -0.2) is 4.79 Å². The predicted octanol–water partition coefficient (Wildman–Crippen LogP) is 1.31. The van der Waals surface area contributed by atoms with E-state index in [0.29, 0.717) is 12.1 Å². The van der Waals surface area contributed by atoms with Crippen LogP contribution >= 0.6 is 12.4 Å². The molecular weight excluding hydrogens is 190 g/mol. The van der Waals surface area contributed by atoms with Crippen molar-refractivity contribution in [2.75, 3.05) is 6.54 Å². The number of aromatic carboxylic acids is 1. The second-order valence-corrected chi connectivity index (χ2v) is 2.54. The maximum absolute atomic E-state index is 10.5. The highest BCUT2D eigenvalue weighted by Gasteiger charge is 2.01. The minimum absolute atomic E-state index is 0. The largest absolute Gasteiger partial charge is 0.478 e. The van der Waals surface area contributed by atoms with Crippen LogP contribution in [-0.4, -0.2) is 17.6 Å². The summed E-state index contributed by atoms with van der Waals surface area (Å²) in [6.07, 6.45) is 0.723. The van der Waals surface area contributed by atoms with Crippen molar-refractivity contribution < 1.29 is 9.90 Å². The Morgan fingerprint density at radius 1 is 1.46 bits per heavy atom. The molecule has 0 heterocycles. The zero-order valence-corrected chi connectivity index (χ0v) is 7.88. The molecule has 1 aromatic rings. The van der Waals surface area contributed by atoms with E-state index in [-0.39, 0.29) is 12.4 Å². The maximum atomic E-state index is 10.5. The van der Waals surface area contributed by atoms with Crippen LogP contribution < -0.4 is 5.73 Å². The Morgan fingerprint density at radius 2 is 2.15 bits per heavy atom. The number of carbonyl (C=O) groups is 1. The quantitative estimate of drug-likeness (QED) is 0.775. The van der Waals surface area contributed by atoms with Crippen LogP contribution in [-0.2, 0) is 6.42 Å². The summed E-state index contributed by atoms with van der Waals surface area (Å²) in [6.45, 7) is 0.545. The topological polar surface area (TPSA) is 63.3 Å². The van der Waals surface area contributed by atoms with Crippen LogP contribution in [0.3, 0.4) is 0 Å². The van der Waals surface area contributed by atoms with Crippen molar-refractivity contribution in [2.45, 2.75) is 6.42 Å². The lowest BCUT2D eigenvalue weighted by Crippen LogP contribution is -2.04. The lowest BCUT2D eigenvalue weighted by Gasteiger charge is -1.99. The van der Waals surface area contributed by atoms with Gasteiger partial charge in [-0.05, 0) is 30.7 Å². The molecule has 0 fully saturated rings. The van der Waals surface area contributed by atoms with Crippen LogP contribution in [0.4, 0.5) is 0 Å². The van der Waals surface area contributed by atoms with Crippen LogP contribution in [0, 0.1) is 0 Å². The molecule has 1 aromatic carbocycles. The van der Waals surface area contributed by atoms with E-state index in [1.165, 1.54) is 0 Å². The zero-order valence-electron chi connectivity index (χ0n) is 7.06. The normalized spacial score (nSPS) is 9.00. The van der Waals surface area contributed by atoms with E-state index in [1.807, 2.05) is 6.07 Å². The van der Waals surface area contributed by atoms with Crippen LogP contribution in [0.1, 0.15) is 15.9 Å². The van der Waals surface area contributed by atoms with Gasteiger partial charge < -0.3 is 10.8 Å². The van der Waals surface area contributed by atoms with Crippen LogP contribution in [0.5, 0.6) is 0 Å². The summed E-state index contributed by atoms with van der Waals surface area (Å²) in [5, 5.41) is 8.65. The molecule has 3 nitrogen and oxygen atoms in total. The minimum atomic E-state index is -0.895. The predicted molar refractivity (Wildman–Crippen MR) is 53.4 cm³/mol. The fourth-order valence-corrected chi connectivity index (χ4v) is 1.03. The van der Waals surface area contributed by atoms with Crippen molar-refractivity contribution in [1.29, 1.82) is 0 Å². The molecule has 4 heteroatoms. The first-order valence-corrected chi connectivity index (χ1v) is 3.76. The monoisotopic (exact) mass is 201 g/mol. The maximum Gasteiger partial charge on any atom is 0.335 e. The standard InChI is InChI=1S/C9H11NO2.ClH/c10-5-4-7-2-1-3-8(6-7)9(11)12;/h1-3,6H,4-5,10H2,(H,11,12);1H. The molecule has 0 atom stereocenters. The smallest absolute Gasteiger partial charge is 0.335 e. The molecule has 0 aromatic heterocycles. The minimum Gasteiger partial charge on any atom is -0.478 e. The summed E-state index contributed by atoms with van der Waals surface area (Å²) >= 11 is 0. The van der Waals surface area contributed by atoms with Crippen LogP contribution in [0.2, 0.25) is 0 Å². The second kappa shape index (κ2) is 5.56. The summed E-state index contributed by atoms with van der Waals surface area (Å²) in [5.41, 5.74) is 6.63. The molecule has 1 rings (SSSR count). The van der Waals surface area contributed by atoms with Gasteiger partial charge in [0.2, 0.25) is 0 Å². The average molecular weight is 202 g/mol. The average Bonchev–Trinajstić information content (AvgIpc) is 2.05. The molecule has 0 bridgehead atoms. The summed E-state index contributed by atoms with van der Waals surface area (Å²) < 4.78 is 0. The third-order valence-electron chi connectivity index (χ3n) is 1.61. The first-order valence-electron chi connectivity index (χ1n) is 3.76. The molecule has 0 saturated carbocycles. The van der Waals surface area contributed by atoms with E-state index in [9.17, 15) is 4.79 Å². The highest BCUT2D eigenvalue weighted by Crippen LogP contribution is 2.05. The fourth-order valence-electron chi connectivity index (χ4n) is 1.03. The molecule has 0 spiro atoms. The molecule has 0 saturated heterocycles. The van der Waals surface area contributed by atoms with Gasteiger partial charge in [0.15, 0.2) is 0 Å². The van der Waals surface area contributed by atoms with Crippen LogP contribution in [0.15, 0.2) is 24.3 Å². The van der Waals surface area contributed by atoms with Gasteiger partial charge in [-0.15, -0.1) is 12.4 Å². The molecule has 3 N–H and O–H groups in total. The van der Waals surface area contributed by atoms with Crippen LogP contribution in [0.25, 0.3) is 0 Å². The molecule has 0 aliphatic carbocycles. The Hall–Kier alpha value is -1.06. The van der Waals surface area contributed by atoms with Crippen molar-refractivity contribution in [3.05, 3.63) is 35.4 Å². The Kier molecular flexibility index (Phi) is 5.11. The zero-order chi connectivity index (χ0) is 8.97. The van der Waals surface area contributed by atoms with Crippen molar-refractivity contribution in [2.24, 2.45) is 5.73 Å². The van der Waals surface area contributed by atoms with Gasteiger partial charge in [-0.2, -0.15) is 0 Å². The van der Waals surface area contributed by atoms with Gasteiger partial charge in [0.25, 0.3) is 0 Å². The lowest BCUT2D eigenvalue weighted by atomic mass is 10.1. The van der Waals surface area contributed by atoms with E-state index >= 15 is 0 Å². The number of halogens is 1.